The van der Waals surface area contributed by atoms with E-state index in [0.29, 0.717) is 23.9 Å². The second-order valence-corrected chi connectivity index (χ2v) is 4.84. The Morgan fingerprint density at radius 1 is 1.31 bits per heavy atom. The fourth-order valence-corrected chi connectivity index (χ4v) is 1.79. The highest BCUT2D eigenvalue weighted by Gasteiger charge is 2.21. The summed E-state index contributed by atoms with van der Waals surface area (Å²) in [6.45, 7) is 2.23. The van der Waals surface area contributed by atoms with E-state index in [1.807, 2.05) is 6.92 Å². The third-order valence-corrected chi connectivity index (χ3v) is 3.80. The molecule has 90 valence electrons. The van der Waals surface area contributed by atoms with Gasteiger partial charge in [0.1, 0.15) is 5.82 Å². The van der Waals surface area contributed by atoms with Crippen LogP contribution in [0.3, 0.4) is 0 Å². The Bertz CT molecular complexity index is 353. The smallest absolute Gasteiger partial charge is 0.146 e. The molecule has 0 unspecified atom stereocenters. The maximum Gasteiger partial charge on any atom is 0.146 e. The van der Waals surface area contributed by atoms with Crippen molar-refractivity contribution >= 4 is 34.8 Å². The van der Waals surface area contributed by atoms with E-state index in [-0.39, 0.29) is 5.02 Å². The first kappa shape index (κ1) is 14.0. The zero-order valence-electron chi connectivity index (χ0n) is 8.87. The van der Waals surface area contributed by atoms with Crippen molar-refractivity contribution in [2.24, 2.45) is 0 Å². The summed E-state index contributed by atoms with van der Waals surface area (Å²) in [6, 6.07) is 4.90. The lowest BCUT2D eigenvalue weighted by Gasteiger charge is -2.26. The van der Waals surface area contributed by atoms with Crippen molar-refractivity contribution in [3.63, 3.8) is 0 Å². The molecule has 0 aromatic heterocycles. The van der Waals surface area contributed by atoms with Crippen LogP contribution in [0.2, 0.25) is 5.02 Å². The van der Waals surface area contributed by atoms with Gasteiger partial charge in [-0.2, -0.15) is 0 Å². The second-order valence-electron chi connectivity index (χ2n) is 3.89. The summed E-state index contributed by atoms with van der Waals surface area (Å²) in [7, 11) is 0. The number of halogens is 4. The first-order valence-electron chi connectivity index (χ1n) is 4.82. The highest BCUT2D eigenvalue weighted by Crippen LogP contribution is 2.19. The minimum absolute atomic E-state index is 0.123. The normalized spacial score (nSPS) is 11.8. The van der Waals surface area contributed by atoms with E-state index in [0.717, 1.165) is 0 Å². The molecule has 0 aliphatic carbocycles. The topological polar surface area (TPSA) is 12.0 Å². The molecular formula is C11H13Cl3FN. The molecule has 0 saturated heterocycles. The van der Waals surface area contributed by atoms with Gasteiger partial charge in [0.05, 0.1) is 5.02 Å². The maximum absolute atomic E-state index is 13.5. The molecule has 0 heterocycles. The van der Waals surface area contributed by atoms with Gasteiger partial charge >= 0.3 is 0 Å². The van der Waals surface area contributed by atoms with Gasteiger partial charge in [0.25, 0.3) is 0 Å². The van der Waals surface area contributed by atoms with Gasteiger partial charge in [-0.1, -0.05) is 23.7 Å². The second kappa shape index (κ2) is 6.06. The average Bonchev–Trinajstić information content (AvgIpc) is 2.31. The van der Waals surface area contributed by atoms with Crippen LogP contribution in [-0.2, 0) is 6.54 Å². The van der Waals surface area contributed by atoms with Crippen molar-refractivity contribution in [3.8, 4) is 0 Å². The molecule has 1 N–H and O–H groups in total. The van der Waals surface area contributed by atoms with E-state index in [9.17, 15) is 4.39 Å². The van der Waals surface area contributed by atoms with Crippen molar-refractivity contribution in [3.05, 3.63) is 34.6 Å². The van der Waals surface area contributed by atoms with Crippen molar-refractivity contribution in [1.29, 1.82) is 0 Å². The Morgan fingerprint density at radius 3 is 2.50 bits per heavy atom. The van der Waals surface area contributed by atoms with Crippen LogP contribution in [0.1, 0.15) is 12.5 Å². The molecule has 0 fully saturated rings. The number of benzene rings is 1. The highest BCUT2D eigenvalue weighted by molar-refractivity contribution is 6.30. The summed E-state index contributed by atoms with van der Waals surface area (Å²) < 4.78 is 13.5. The summed E-state index contributed by atoms with van der Waals surface area (Å²) in [6.07, 6.45) is 0. The van der Waals surface area contributed by atoms with Crippen LogP contribution in [0.4, 0.5) is 4.39 Å². The SMILES string of the molecule is CC(CCl)(CCl)NCc1cccc(Cl)c1F. The monoisotopic (exact) mass is 283 g/mol. The average molecular weight is 285 g/mol. The zero-order valence-corrected chi connectivity index (χ0v) is 11.1. The molecule has 0 spiro atoms. The molecule has 1 aromatic carbocycles. The van der Waals surface area contributed by atoms with Gasteiger partial charge < -0.3 is 5.32 Å². The van der Waals surface area contributed by atoms with Gasteiger partial charge in [-0.15, -0.1) is 23.2 Å². The summed E-state index contributed by atoms with van der Waals surface area (Å²) in [5, 5.41) is 3.24. The van der Waals surface area contributed by atoms with Crippen LogP contribution >= 0.6 is 34.8 Å². The molecule has 1 aromatic rings. The van der Waals surface area contributed by atoms with Gasteiger partial charge in [-0.25, -0.2) is 4.39 Å². The molecule has 0 aliphatic rings. The first-order chi connectivity index (χ1) is 7.52. The number of hydrogen-bond donors (Lipinski definition) is 1. The molecule has 0 atom stereocenters. The Morgan fingerprint density at radius 2 is 1.94 bits per heavy atom. The standard InChI is InChI=1S/C11H13Cl3FN/c1-11(6-12,7-13)16-5-8-3-2-4-9(14)10(8)15/h2-4,16H,5-7H2,1H3. The van der Waals surface area contributed by atoms with Crippen LogP contribution in [-0.4, -0.2) is 17.3 Å². The third kappa shape index (κ3) is 3.49. The molecular weight excluding hydrogens is 271 g/mol. The van der Waals surface area contributed by atoms with Gasteiger partial charge in [0, 0.05) is 29.4 Å². The Kier molecular flexibility index (Phi) is 5.32. The molecule has 5 heteroatoms. The summed E-state index contributed by atoms with van der Waals surface area (Å²) in [5.41, 5.74) is 0.103. The van der Waals surface area contributed by atoms with Crippen LogP contribution in [0.5, 0.6) is 0 Å². The van der Waals surface area contributed by atoms with Crippen LogP contribution in [0, 0.1) is 5.82 Å². The Balaban J connectivity index is 2.71. The van der Waals surface area contributed by atoms with Gasteiger partial charge in [-0.3, -0.25) is 0 Å². The van der Waals surface area contributed by atoms with Crippen molar-refractivity contribution in [2.75, 3.05) is 11.8 Å². The molecule has 16 heavy (non-hydrogen) atoms. The lowest BCUT2D eigenvalue weighted by molar-refractivity contribution is 0.428. The summed E-state index contributed by atoms with van der Waals surface area (Å²) in [5.74, 6) is 0.320. The van der Waals surface area contributed by atoms with Crippen LogP contribution in [0.15, 0.2) is 18.2 Å². The van der Waals surface area contributed by atoms with E-state index < -0.39 is 11.4 Å². The Labute approximate surface area is 110 Å². The number of alkyl halides is 2. The quantitative estimate of drug-likeness (QED) is 0.811. The first-order valence-corrected chi connectivity index (χ1v) is 6.27. The molecule has 0 radical (unpaired) electrons. The molecule has 0 saturated carbocycles. The predicted octanol–water partition coefficient (Wildman–Crippen LogP) is 3.81. The summed E-state index contributed by atoms with van der Waals surface area (Å²) >= 11 is 17.2. The van der Waals surface area contributed by atoms with E-state index in [1.54, 1.807) is 12.1 Å². The molecule has 1 rings (SSSR count). The molecule has 0 bridgehead atoms. The van der Waals surface area contributed by atoms with E-state index >= 15 is 0 Å². The molecule has 0 amide bonds. The zero-order chi connectivity index (χ0) is 12.2. The van der Waals surface area contributed by atoms with E-state index in [1.165, 1.54) is 6.07 Å². The minimum Gasteiger partial charge on any atom is -0.305 e. The fraction of sp³-hybridized carbons (Fsp3) is 0.455. The Hall–Kier alpha value is -0.0200. The number of rotatable bonds is 5. The van der Waals surface area contributed by atoms with Crippen LogP contribution in [0.25, 0.3) is 0 Å². The lowest BCUT2D eigenvalue weighted by Crippen LogP contribution is -2.45. The van der Waals surface area contributed by atoms with E-state index in [2.05, 4.69) is 5.32 Å². The largest absolute Gasteiger partial charge is 0.305 e. The van der Waals surface area contributed by atoms with Crippen molar-refractivity contribution < 1.29 is 4.39 Å². The molecule has 0 aliphatic heterocycles. The number of nitrogens with one attached hydrogen (secondary N) is 1. The molecule has 1 nitrogen and oxygen atoms in total. The van der Waals surface area contributed by atoms with Crippen molar-refractivity contribution in [1.82, 2.24) is 5.32 Å². The maximum atomic E-state index is 13.5. The van der Waals surface area contributed by atoms with E-state index in [4.69, 9.17) is 34.8 Å². The van der Waals surface area contributed by atoms with Gasteiger partial charge in [0.2, 0.25) is 0 Å². The third-order valence-electron chi connectivity index (χ3n) is 2.33. The minimum atomic E-state index is -0.405. The van der Waals surface area contributed by atoms with Gasteiger partial charge in [0.15, 0.2) is 0 Å². The highest BCUT2D eigenvalue weighted by atomic mass is 35.5. The number of hydrogen-bond acceptors (Lipinski definition) is 1. The van der Waals surface area contributed by atoms with Crippen LogP contribution < -0.4 is 5.32 Å². The van der Waals surface area contributed by atoms with Crippen molar-refractivity contribution in [2.45, 2.75) is 19.0 Å². The lowest BCUT2D eigenvalue weighted by atomic mass is 10.1. The predicted molar refractivity (Wildman–Crippen MR) is 68.1 cm³/mol. The summed E-state index contributed by atoms with van der Waals surface area (Å²) in [4.78, 5) is 0. The fourth-order valence-electron chi connectivity index (χ4n) is 1.12. The van der Waals surface area contributed by atoms with Gasteiger partial charge in [-0.05, 0) is 13.0 Å².